The van der Waals surface area contributed by atoms with Crippen molar-refractivity contribution in [3.63, 3.8) is 0 Å². The molecule has 8 nitrogen and oxygen atoms in total. The summed E-state index contributed by atoms with van der Waals surface area (Å²) in [6, 6.07) is 6.67. The number of amides is 2. The topological polar surface area (TPSA) is 101 Å². The number of halogens is 6. The molecule has 0 aliphatic carbocycles. The summed E-state index contributed by atoms with van der Waals surface area (Å²) in [6.45, 7) is 0. The van der Waals surface area contributed by atoms with E-state index >= 15 is 0 Å². The number of nitrogens with zero attached hydrogens (tertiary/aromatic N) is 4. The summed E-state index contributed by atoms with van der Waals surface area (Å²) < 4.78 is 77.1. The van der Waals surface area contributed by atoms with Crippen LogP contribution in [-0.2, 0) is 6.18 Å². The Morgan fingerprint density at radius 3 is 2.66 bits per heavy atom. The van der Waals surface area contributed by atoms with Gasteiger partial charge in [-0.25, -0.2) is 18.3 Å². The maximum Gasteiger partial charge on any atom is 0.416 e. The lowest BCUT2D eigenvalue weighted by Gasteiger charge is -2.19. The lowest BCUT2D eigenvalue weighted by Crippen LogP contribution is -2.21. The summed E-state index contributed by atoms with van der Waals surface area (Å²) in [5.41, 5.74) is -0.963. The first-order chi connectivity index (χ1) is 19.9. The average molecular weight is 586 g/mol. The van der Waals surface area contributed by atoms with Crippen molar-refractivity contribution in [2.24, 2.45) is 0 Å². The van der Waals surface area contributed by atoms with Crippen LogP contribution in [0, 0.1) is 11.6 Å². The van der Waals surface area contributed by atoms with E-state index < -0.39 is 46.8 Å². The lowest BCUT2D eigenvalue weighted by atomic mass is 9.93. The molecule has 1 aliphatic rings. The lowest BCUT2D eigenvalue weighted by molar-refractivity contribution is -0.137. The van der Waals surface area contributed by atoms with E-state index in [1.54, 1.807) is 0 Å². The van der Waals surface area contributed by atoms with E-state index in [1.165, 1.54) is 35.1 Å². The number of anilines is 1. The van der Waals surface area contributed by atoms with Crippen LogP contribution in [0.4, 0.5) is 27.6 Å². The van der Waals surface area contributed by atoms with Crippen LogP contribution in [0.3, 0.4) is 0 Å². The van der Waals surface area contributed by atoms with Crippen molar-refractivity contribution >= 4 is 34.7 Å². The molecule has 14 heteroatoms. The largest absolute Gasteiger partial charge is 0.416 e. The third-order valence-corrected chi connectivity index (χ3v) is 6.75. The number of hydrogen-bond donors (Lipinski definition) is 2. The maximum absolute atomic E-state index is 14.2. The van der Waals surface area contributed by atoms with Gasteiger partial charge in [0.2, 0.25) is 0 Å². The van der Waals surface area contributed by atoms with Crippen LogP contribution < -0.4 is 10.6 Å². The number of carbonyl (C=O) groups is 2. The minimum absolute atomic E-state index is 0.0324. The minimum atomic E-state index is -4.92. The molecule has 2 N–H and O–H groups in total. The molecule has 206 valence electrons. The second-order valence-corrected chi connectivity index (χ2v) is 9.43. The Balaban J connectivity index is 1.51. The summed E-state index contributed by atoms with van der Waals surface area (Å²) in [4.78, 5) is 34.5. The molecule has 2 aromatic heterocycles. The van der Waals surface area contributed by atoms with E-state index in [0.29, 0.717) is 12.1 Å². The van der Waals surface area contributed by atoms with Crippen molar-refractivity contribution in [2.75, 3.05) is 5.32 Å². The average Bonchev–Trinajstić information content (AvgIpc) is 3.47. The van der Waals surface area contributed by atoms with Crippen LogP contribution >= 0.6 is 11.6 Å². The first-order valence-corrected chi connectivity index (χ1v) is 12.1. The molecule has 5 aromatic rings. The van der Waals surface area contributed by atoms with Gasteiger partial charge in [-0.3, -0.25) is 14.6 Å². The van der Waals surface area contributed by atoms with E-state index in [0.717, 1.165) is 12.1 Å². The molecule has 3 heterocycles. The number of rotatable bonds is 4. The zero-order valence-corrected chi connectivity index (χ0v) is 21.0. The summed E-state index contributed by atoms with van der Waals surface area (Å²) in [5, 5.41) is 9.17. The molecule has 1 atom stereocenters. The zero-order chi connectivity index (χ0) is 29.9. The van der Waals surface area contributed by atoms with Crippen molar-refractivity contribution in [1.82, 2.24) is 24.9 Å². The fourth-order valence-corrected chi connectivity index (χ4v) is 4.79. The molecule has 1 aliphatic heterocycles. The third kappa shape index (κ3) is 4.84. The first kappa shape index (κ1) is 25.1. The number of carbonyl (C=O) groups excluding carboxylic acids is 2. The fourth-order valence-electron chi connectivity index (χ4n) is 4.57. The molecule has 2 amide bonds. The molecule has 0 saturated carbocycles. The molecule has 6 rings (SSSR count). The van der Waals surface area contributed by atoms with Crippen molar-refractivity contribution in [2.45, 2.75) is 12.2 Å². The second-order valence-electron chi connectivity index (χ2n) is 9.02. The number of hydrogen-bond acceptors (Lipinski definition) is 5. The minimum Gasteiger partial charge on any atom is -0.341 e. The van der Waals surface area contributed by atoms with Crippen LogP contribution in [0.5, 0.6) is 0 Å². The Labute approximate surface area is 233 Å². The van der Waals surface area contributed by atoms with Crippen molar-refractivity contribution in [3.8, 4) is 11.3 Å². The Morgan fingerprint density at radius 1 is 1.07 bits per heavy atom. The predicted molar refractivity (Wildman–Crippen MR) is 136 cm³/mol. The Hall–Kier alpha value is -4.91. The van der Waals surface area contributed by atoms with E-state index in [4.69, 9.17) is 13.0 Å². The summed E-state index contributed by atoms with van der Waals surface area (Å²) in [5.74, 6) is -3.67. The van der Waals surface area contributed by atoms with Gasteiger partial charge in [0.15, 0.2) is 5.65 Å². The quantitative estimate of drug-likeness (QED) is 0.259. The smallest absolute Gasteiger partial charge is 0.341 e. The number of aromatic nitrogens is 4. The maximum atomic E-state index is 14.2. The van der Waals surface area contributed by atoms with Crippen molar-refractivity contribution < 1.29 is 32.9 Å². The van der Waals surface area contributed by atoms with Gasteiger partial charge in [0, 0.05) is 38.5 Å². The fraction of sp³-hybridized carbons (Fsp3) is 0.0741. The first-order valence-electron chi connectivity index (χ1n) is 12.2. The number of nitrogens with one attached hydrogen (secondary N) is 2. The number of benzene rings is 3. The SMILES string of the molecule is [2H]c1nc2cnc(-c3cc(NC(=O)c4cc(F)cc(C(F)(F)F)c4)c4c(c3)C(=O)N[C@H]4c3cc(F)ccc3Cl)cn2n1. The van der Waals surface area contributed by atoms with Gasteiger partial charge in [-0.2, -0.15) is 18.3 Å². The molecular weight excluding hydrogens is 571 g/mol. The molecule has 0 radical (unpaired) electrons. The van der Waals surface area contributed by atoms with Crippen LogP contribution in [0.25, 0.3) is 16.9 Å². The highest BCUT2D eigenvalue weighted by Crippen LogP contribution is 2.42. The Bertz CT molecular complexity index is 1950. The van der Waals surface area contributed by atoms with E-state index in [2.05, 4.69) is 25.7 Å². The highest BCUT2D eigenvalue weighted by molar-refractivity contribution is 6.31. The molecule has 0 bridgehead atoms. The monoisotopic (exact) mass is 585 g/mol. The summed E-state index contributed by atoms with van der Waals surface area (Å²) in [7, 11) is 0. The van der Waals surface area contributed by atoms with Crippen LogP contribution in [0.1, 0.15) is 44.8 Å². The molecule has 0 spiro atoms. The van der Waals surface area contributed by atoms with Gasteiger partial charge in [-0.15, -0.1) is 0 Å². The van der Waals surface area contributed by atoms with E-state index in [9.17, 15) is 31.5 Å². The molecule has 0 saturated heterocycles. The van der Waals surface area contributed by atoms with Crippen molar-refractivity contribution in [1.29, 1.82) is 0 Å². The third-order valence-electron chi connectivity index (χ3n) is 6.40. The van der Waals surface area contributed by atoms with Crippen LogP contribution in [0.15, 0.2) is 67.2 Å². The Kier molecular flexibility index (Phi) is 5.89. The van der Waals surface area contributed by atoms with Crippen LogP contribution in [0.2, 0.25) is 5.02 Å². The molecular formula is C27H14ClF5N6O2. The highest BCUT2D eigenvalue weighted by Gasteiger charge is 2.36. The van der Waals surface area contributed by atoms with Gasteiger partial charge in [-0.1, -0.05) is 11.6 Å². The standard InChI is InChI=1S/C27H14ClF5N6O2/c28-19-2-1-15(29)8-17(19)24-23-18(26(41)38-24)5-12(21-10-39-22(9-34-21)35-11-36-39)6-20(23)37-25(40)13-3-14(27(31,32)33)7-16(30)4-13/h1-11,24H,(H,37,40)(H,38,41)/t24-/m0/s1/i11D. The van der Waals surface area contributed by atoms with Gasteiger partial charge < -0.3 is 10.6 Å². The van der Waals surface area contributed by atoms with E-state index in [-0.39, 0.29) is 56.7 Å². The molecule has 41 heavy (non-hydrogen) atoms. The van der Waals surface area contributed by atoms with Gasteiger partial charge in [-0.05, 0) is 48.5 Å². The highest BCUT2D eigenvalue weighted by atomic mass is 35.5. The van der Waals surface area contributed by atoms with Crippen molar-refractivity contribution in [3.05, 3.63) is 112 Å². The Morgan fingerprint density at radius 2 is 1.88 bits per heavy atom. The number of alkyl halides is 3. The van der Waals surface area contributed by atoms with Gasteiger partial charge in [0.25, 0.3) is 11.8 Å². The summed E-state index contributed by atoms with van der Waals surface area (Å²) >= 11 is 6.31. The molecule has 0 unspecified atom stereocenters. The normalized spacial score (nSPS) is 15.0. The molecule has 3 aromatic carbocycles. The zero-order valence-electron chi connectivity index (χ0n) is 21.2. The van der Waals surface area contributed by atoms with Crippen LogP contribution in [-0.4, -0.2) is 31.4 Å². The predicted octanol–water partition coefficient (Wildman–Crippen LogP) is 5.83. The number of fused-ring (bicyclic) bond motifs is 2. The van der Waals surface area contributed by atoms with Gasteiger partial charge in [0.05, 0.1) is 29.7 Å². The van der Waals surface area contributed by atoms with Gasteiger partial charge in [0.1, 0.15) is 19.3 Å². The van der Waals surface area contributed by atoms with E-state index in [1.807, 2.05) is 0 Å². The second kappa shape index (κ2) is 9.63. The summed E-state index contributed by atoms with van der Waals surface area (Å²) in [6.07, 6.45) is -2.44. The molecule has 0 fully saturated rings. The van der Waals surface area contributed by atoms with Gasteiger partial charge >= 0.3 is 6.18 Å².